The topological polar surface area (TPSA) is 267 Å². The lowest BCUT2D eigenvalue weighted by Gasteiger charge is -2.46. The fourth-order valence-electron chi connectivity index (χ4n) is 3.52. The summed E-state index contributed by atoms with van der Waals surface area (Å²) in [6.07, 6.45) is -15.5. The van der Waals surface area contributed by atoms with Gasteiger partial charge in [-0.15, -0.1) is 0 Å². The Morgan fingerprint density at radius 3 is 2.03 bits per heavy atom. The van der Waals surface area contributed by atoms with E-state index in [9.17, 15) is 51.7 Å². The highest BCUT2D eigenvalue weighted by Gasteiger charge is 2.54. The second-order valence-corrected chi connectivity index (χ2v) is 10.4. The molecule has 16 nitrogen and oxygen atoms in total. The summed E-state index contributed by atoms with van der Waals surface area (Å²) in [5.41, 5.74) is 0. The van der Waals surface area contributed by atoms with Gasteiger partial charge in [0.25, 0.3) is 20.2 Å². The van der Waals surface area contributed by atoms with Gasteiger partial charge in [0.05, 0.1) is 12.7 Å². The Hall–Kier alpha value is -1.03. The first-order valence-corrected chi connectivity index (χ1v) is 12.2. The quantitative estimate of drug-likeness (QED) is 0.148. The summed E-state index contributed by atoms with van der Waals surface area (Å²) in [4.78, 5) is 11.3. The van der Waals surface area contributed by atoms with Crippen LogP contribution in [0.1, 0.15) is 6.92 Å². The van der Waals surface area contributed by atoms with Crippen LogP contribution in [0.2, 0.25) is 0 Å². The van der Waals surface area contributed by atoms with Gasteiger partial charge in [-0.1, -0.05) is 0 Å². The van der Waals surface area contributed by atoms with Crippen molar-refractivity contribution in [2.45, 2.75) is 67.4 Å². The Balaban J connectivity index is 2.33. The molecule has 188 valence electrons. The third-order valence-electron chi connectivity index (χ3n) is 4.89. The van der Waals surface area contributed by atoms with E-state index < -0.39 is 99.0 Å². The minimum absolute atomic E-state index is 0.688. The van der Waals surface area contributed by atoms with Gasteiger partial charge in [-0.05, 0) is 0 Å². The molecule has 1 amide bonds. The molecule has 2 fully saturated rings. The van der Waals surface area contributed by atoms with E-state index in [-0.39, 0.29) is 0 Å². The second-order valence-electron chi connectivity index (χ2n) is 7.32. The van der Waals surface area contributed by atoms with E-state index in [2.05, 4.69) is 5.32 Å². The first-order valence-electron chi connectivity index (χ1n) is 9.05. The Bertz CT molecular complexity index is 879. The Morgan fingerprint density at radius 1 is 0.969 bits per heavy atom. The van der Waals surface area contributed by atoms with E-state index in [1.807, 2.05) is 0 Å². The van der Waals surface area contributed by atoms with E-state index in [1.54, 1.807) is 0 Å². The molecule has 0 aromatic rings. The highest BCUT2D eigenvalue weighted by molar-refractivity contribution is 7.87. The fourth-order valence-corrected chi connectivity index (χ4v) is 5.40. The van der Waals surface area contributed by atoms with E-state index in [1.165, 1.54) is 0 Å². The fraction of sp³-hybridized carbons (Fsp3) is 0.929. The number of carbonyl (C=O) groups is 1. The van der Waals surface area contributed by atoms with Crippen molar-refractivity contribution in [2.24, 2.45) is 0 Å². The maximum Gasteiger partial charge on any atom is 0.273 e. The van der Waals surface area contributed by atoms with Crippen LogP contribution < -0.4 is 5.32 Å². The number of aliphatic hydroxyl groups excluding tert-OH is 5. The Kier molecular flexibility index (Phi) is 8.57. The van der Waals surface area contributed by atoms with Gasteiger partial charge in [0.15, 0.2) is 12.6 Å². The van der Waals surface area contributed by atoms with Crippen molar-refractivity contribution in [3.8, 4) is 0 Å². The Morgan fingerprint density at radius 2 is 1.56 bits per heavy atom. The molecule has 0 saturated carbocycles. The third kappa shape index (κ3) is 6.30. The Labute approximate surface area is 182 Å². The van der Waals surface area contributed by atoms with Gasteiger partial charge in [0, 0.05) is 6.92 Å². The maximum atomic E-state index is 11.6. The van der Waals surface area contributed by atoms with Crippen LogP contribution in [-0.2, 0) is 39.2 Å². The molecule has 2 aliphatic heterocycles. The van der Waals surface area contributed by atoms with Gasteiger partial charge in [-0.2, -0.15) is 16.8 Å². The molecule has 0 bridgehead atoms. The molecule has 2 saturated heterocycles. The molecular weight excluding hydrogens is 486 g/mol. The molecule has 8 N–H and O–H groups in total. The zero-order valence-electron chi connectivity index (χ0n) is 16.4. The van der Waals surface area contributed by atoms with Gasteiger partial charge in [0.2, 0.25) is 5.91 Å². The summed E-state index contributed by atoms with van der Waals surface area (Å²) >= 11 is 0. The predicted molar refractivity (Wildman–Crippen MR) is 98.9 cm³/mol. The van der Waals surface area contributed by atoms with Crippen molar-refractivity contribution in [1.29, 1.82) is 0 Å². The zero-order chi connectivity index (χ0) is 24.6. The monoisotopic (exact) mass is 511 g/mol. The number of rotatable bonds is 7. The first kappa shape index (κ1) is 27.2. The van der Waals surface area contributed by atoms with Gasteiger partial charge in [-0.25, -0.2) is 0 Å². The van der Waals surface area contributed by atoms with E-state index in [0.29, 0.717) is 0 Å². The van der Waals surface area contributed by atoms with Crippen LogP contribution in [0.5, 0.6) is 0 Å². The average Bonchev–Trinajstić information content (AvgIpc) is 2.62. The van der Waals surface area contributed by atoms with Gasteiger partial charge in [-0.3, -0.25) is 13.9 Å². The number of carbonyl (C=O) groups excluding carboxylic acids is 1. The molecule has 18 heteroatoms. The number of nitrogens with one attached hydrogen (secondary N) is 1. The highest BCUT2D eigenvalue weighted by Crippen LogP contribution is 2.31. The van der Waals surface area contributed by atoms with Crippen LogP contribution in [0.25, 0.3) is 0 Å². The van der Waals surface area contributed by atoms with Crippen LogP contribution in [0, 0.1) is 0 Å². The summed E-state index contributed by atoms with van der Waals surface area (Å²) in [6, 6.07) is -1.48. The molecule has 32 heavy (non-hydrogen) atoms. The van der Waals surface area contributed by atoms with Crippen LogP contribution in [-0.4, -0.2) is 130 Å². The minimum Gasteiger partial charge on any atom is -0.394 e. The number of hydrogen-bond donors (Lipinski definition) is 8. The second kappa shape index (κ2) is 10.1. The summed E-state index contributed by atoms with van der Waals surface area (Å²) in [5.74, 6) is -2.12. The van der Waals surface area contributed by atoms with Gasteiger partial charge in [0.1, 0.15) is 47.6 Å². The van der Waals surface area contributed by atoms with Crippen molar-refractivity contribution in [1.82, 2.24) is 5.32 Å². The first-order chi connectivity index (χ1) is 14.6. The predicted octanol–water partition coefficient (Wildman–Crippen LogP) is -5.46. The van der Waals surface area contributed by atoms with E-state index in [0.717, 1.165) is 6.92 Å². The molecule has 0 unspecified atom stereocenters. The van der Waals surface area contributed by atoms with Crippen molar-refractivity contribution < 1.29 is 70.5 Å². The van der Waals surface area contributed by atoms with E-state index >= 15 is 0 Å². The van der Waals surface area contributed by atoms with Crippen LogP contribution >= 0.6 is 0 Å². The molecule has 0 aromatic carbocycles. The van der Waals surface area contributed by atoms with Gasteiger partial charge >= 0.3 is 0 Å². The molecule has 10 atom stereocenters. The maximum absolute atomic E-state index is 11.6. The summed E-state index contributed by atoms with van der Waals surface area (Å²) in [5, 5.41) is 50.1. The lowest BCUT2D eigenvalue weighted by Crippen LogP contribution is -2.67. The number of ether oxygens (including phenoxy) is 3. The van der Waals surface area contributed by atoms with Crippen LogP contribution in [0.15, 0.2) is 0 Å². The molecule has 0 aromatic heterocycles. The largest absolute Gasteiger partial charge is 0.394 e. The standard InChI is InChI=1S/C14H25NO15S2/c1-4(17)15-7-8(18)11(5(2-16)28-13(7)21)30-14-10(20)9(19)12(32(25,26)27)6(29-14)3-31(22,23)24/h5-14,16,18-21H,2-3H2,1H3,(H,15,17)(H,22,23,24)(H,25,26,27)/t5-,6-,7-,8-,9-,10-,11-,12+,13-,14+/m1/s1. The third-order valence-corrected chi connectivity index (χ3v) is 6.91. The molecule has 2 heterocycles. The van der Waals surface area contributed by atoms with Crippen molar-refractivity contribution in [3.05, 3.63) is 0 Å². The molecule has 0 spiro atoms. The molecule has 0 radical (unpaired) electrons. The SMILES string of the molecule is CC(=O)N[C@@H]1[C@@H](O)[C@H](O[C@@H]2O[C@H](CS(=O)(=O)O)[C@H](S(=O)(=O)O)[C@H](O)[C@H]2O)[C@@H](CO)O[C@H]1O. The molecular formula is C14H25NO15S2. The van der Waals surface area contributed by atoms with Crippen molar-refractivity contribution in [2.75, 3.05) is 12.4 Å². The van der Waals surface area contributed by atoms with Crippen LogP contribution in [0.4, 0.5) is 0 Å². The number of aliphatic hydroxyl groups is 5. The summed E-state index contributed by atoms with van der Waals surface area (Å²) < 4.78 is 79.5. The van der Waals surface area contributed by atoms with Crippen molar-refractivity contribution in [3.63, 3.8) is 0 Å². The molecule has 0 aliphatic carbocycles. The lowest BCUT2D eigenvalue weighted by atomic mass is 9.96. The highest BCUT2D eigenvalue weighted by atomic mass is 32.2. The normalized spacial score (nSPS) is 41.2. The van der Waals surface area contributed by atoms with Gasteiger partial charge < -0.3 is 45.1 Å². The number of amides is 1. The smallest absolute Gasteiger partial charge is 0.273 e. The van der Waals surface area contributed by atoms with Crippen LogP contribution in [0.3, 0.4) is 0 Å². The lowest BCUT2D eigenvalue weighted by molar-refractivity contribution is -0.327. The zero-order valence-corrected chi connectivity index (χ0v) is 18.0. The van der Waals surface area contributed by atoms with Crippen molar-refractivity contribution >= 4 is 26.1 Å². The average molecular weight is 511 g/mol. The molecule has 2 rings (SSSR count). The van der Waals surface area contributed by atoms with E-state index in [4.69, 9.17) is 18.8 Å². The summed E-state index contributed by atoms with van der Waals surface area (Å²) in [7, 11) is -10.1. The number of hydrogen-bond acceptors (Lipinski definition) is 13. The molecule has 2 aliphatic rings. The summed E-state index contributed by atoms with van der Waals surface area (Å²) in [6.45, 7) is 0.201. The minimum atomic E-state index is -5.20.